The van der Waals surface area contributed by atoms with E-state index in [0.717, 1.165) is 17.8 Å². The van der Waals surface area contributed by atoms with Crippen molar-refractivity contribution in [2.24, 2.45) is 17.8 Å². The smallest absolute Gasteiger partial charge is 0.0471 e. The summed E-state index contributed by atoms with van der Waals surface area (Å²) in [5, 5.41) is 0. The molecule has 0 spiro atoms. The lowest BCUT2D eigenvalue weighted by Gasteiger charge is -1.95. The third-order valence-corrected chi connectivity index (χ3v) is 2.50. The molecule has 18 heavy (non-hydrogen) atoms. The molecule has 0 unspecified atom stereocenters. The Morgan fingerprint density at radius 2 is 0.778 bits per heavy atom. The van der Waals surface area contributed by atoms with Gasteiger partial charge in [0.2, 0.25) is 0 Å². The second kappa shape index (κ2) is 25.8. The second-order valence-corrected chi connectivity index (χ2v) is 5.79. The van der Waals surface area contributed by atoms with E-state index in [9.17, 15) is 0 Å². The summed E-state index contributed by atoms with van der Waals surface area (Å²) in [6, 6.07) is 0. The fourth-order valence-electron chi connectivity index (χ4n) is 0.577. The summed E-state index contributed by atoms with van der Waals surface area (Å²) in [6.45, 7) is 20.0. The second-order valence-electron chi connectivity index (χ2n) is 5.79. The maximum Gasteiger partial charge on any atom is -0.0471 e. The van der Waals surface area contributed by atoms with Crippen LogP contribution in [0, 0.1) is 17.8 Å². The maximum absolute atomic E-state index is 2.25. The molecule has 0 saturated carbocycles. The third-order valence-electron chi connectivity index (χ3n) is 2.50. The minimum atomic E-state index is 0. The van der Waals surface area contributed by atoms with Crippen LogP contribution < -0.4 is 0 Å². The van der Waals surface area contributed by atoms with E-state index >= 15 is 0 Å². The van der Waals surface area contributed by atoms with Crippen LogP contribution in [0.4, 0.5) is 0 Å². The lowest BCUT2D eigenvalue weighted by molar-refractivity contribution is 0.576. The van der Waals surface area contributed by atoms with Gasteiger partial charge in [0.1, 0.15) is 0 Å². The number of hydrogen-bond acceptors (Lipinski definition) is 0. The van der Waals surface area contributed by atoms with E-state index in [0.29, 0.717) is 0 Å². The van der Waals surface area contributed by atoms with E-state index in [2.05, 4.69) is 62.3 Å². The molecule has 0 atom stereocenters. The number of rotatable bonds is 4. The molecular formula is C18H46. The van der Waals surface area contributed by atoms with Crippen molar-refractivity contribution in [3.05, 3.63) is 0 Å². The summed E-state index contributed by atoms with van der Waals surface area (Å²) in [5.74, 6) is 2.67. The molecule has 118 valence electrons. The van der Waals surface area contributed by atoms with E-state index in [1.807, 2.05) is 0 Å². The molecular weight excluding hydrogens is 216 g/mol. The molecule has 0 aliphatic heterocycles. The topological polar surface area (TPSA) is 0 Å². The fourth-order valence-corrected chi connectivity index (χ4v) is 0.577. The molecule has 0 amide bonds. The zero-order chi connectivity index (χ0) is 13.6. The molecule has 0 radical (unpaired) electrons. The standard InChI is InChI=1S/C6H14.2C5H12.2CH4/c1-4-5-6(2)3;2*1-4-5(2)3;;/h6H,4-5H2,1-3H3;2*5H,4H2,1-3H3;2*1H4. The van der Waals surface area contributed by atoms with Crippen LogP contribution in [-0.2, 0) is 0 Å². The van der Waals surface area contributed by atoms with Gasteiger partial charge in [-0.1, -0.05) is 103 Å². The van der Waals surface area contributed by atoms with Gasteiger partial charge in [-0.15, -0.1) is 0 Å². The Labute approximate surface area is 121 Å². The summed E-state index contributed by atoms with van der Waals surface area (Å²) in [4.78, 5) is 0. The summed E-state index contributed by atoms with van der Waals surface area (Å²) in [5.41, 5.74) is 0. The predicted molar refractivity (Wildman–Crippen MR) is 93.5 cm³/mol. The van der Waals surface area contributed by atoms with Gasteiger partial charge in [-0.3, -0.25) is 0 Å². The van der Waals surface area contributed by atoms with Gasteiger partial charge in [0.25, 0.3) is 0 Å². The Balaban J connectivity index is -0.0000000447. The van der Waals surface area contributed by atoms with E-state index < -0.39 is 0 Å². The van der Waals surface area contributed by atoms with Crippen molar-refractivity contribution in [2.45, 2.75) is 103 Å². The van der Waals surface area contributed by atoms with Gasteiger partial charge in [-0.25, -0.2) is 0 Å². The van der Waals surface area contributed by atoms with E-state index in [1.165, 1.54) is 25.7 Å². The first-order valence-electron chi connectivity index (χ1n) is 7.31. The Kier molecular flexibility index (Phi) is 44.0. The molecule has 0 aliphatic rings. The molecule has 0 saturated heterocycles. The Bertz CT molecular complexity index is 82.2. The largest absolute Gasteiger partial charge is 0.0776 e. The molecule has 0 heterocycles. The van der Waals surface area contributed by atoms with Gasteiger partial charge >= 0.3 is 0 Å². The normalized spacial score (nSPS) is 8.67. The van der Waals surface area contributed by atoms with Crippen LogP contribution in [-0.4, -0.2) is 0 Å². The first-order valence-corrected chi connectivity index (χ1v) is 7.31. The molecule has 0 bridgehead atoms. The van der Waals surface area contributed by atoms with Crippen LogP contribution >= 0.6 is 0 Å². The van der Waals surface area contributed by atoms with Crippen molar-refractivity contribution in [1.29, 1.82) is 0 Å². The van der Waals surface area contributed by atoms with Crippen molar-refractivity contribution in [3.8, 4) is 0 Å². The minimum absolute atomic E-state index is 0. The lowest BCUT2D eigenvalue weighted by Crippen LogP contribution is -1.81. The summed E-state index contributed by atoms with van der Waals surface area (Å²) >= 11 is 0. The van der Waals surface area contributed by atoms with Gasteiger partial charge in [0.15, 0.2) is 0 Å². The highest BCUT2D eigenvalue weighted by atomic mass is 13.9. The van der Waals surface area contributed by atoms with Crippen molar-refractivity contribution < 1.29 is 0 Å². The quantitative estimate of drug-likeness (QED) is 0.484. The highest BCUT2D eigenvalue weighted by Crippen LogP contribution is 2.00. The van der Waals surface area contributed by atoms with Crippen molar-refractivity contribution in [1.82, 2.24) is 0 Å². The van der Waals surface area contributed by atoms with Crippen LogP contribution in [0.2, 0.25) is 0 Å². The lowest BCUT2D eigenvalue weighted by atomic mass is 10.1. The first-order chi connectivity index (χ1) is 7.31. The molecule has 0 heteroatoms. The van der Waals surface area contributed by atoms with Gasteiger partial charge in [0, 0.05) is 0 Å². The SMILES string of the molecule is C.C.CCC(C)C.CCC(C)C.CCCC(C)C. The van der Waals surface area contributed by atoms with Gasteiger partial charge in [-0.2, -0.15) is 0 Å². The first kappa shape index (κ1) is 30.8. The van der Waals surface area contributed by atoms with Crippen LogP contribution in [0.3, 0.4) is 0 Å². The van der Waals surface area contributed by atoms with Crippen molar-refractivity contribution in [3.63, 3.8) is 0 Å². The predicted octanol–water partition coefficient (Wildman–Crippen LogP) is 7.82. The average Bonchev–Trinajstić information content (AvgIpc) is 2.19. The molecule has 0 fully saturated rings. The highest BCUT2D eigenvalue weighted by molar-refractivity contribution is 4.38. The Morgan fingerprint density at radius 1 is 0.556 bits per heavy atom. The molecule has 0 nitrogen and oxygen atoms in total. The van der Waals surface area contributed by atoms with Gasteiger partial charge in [0.05, 0.1) is 0 Å². The number of hydrogen-bond donors (Lipinski definition) is 0. The van der Waals surface area contributed by atoms with Crippen LogP contribution in [0.1, 0.15) is 103 Å². The van der Waals surface area contributed by atoms with E-state index in [1.54, 1.807) is 0 Å². The molecule has 0 aromatic rings. The Hall–Kier alpha value is 0. The van der Waals surface area contributed by atoms with Crippen LogP contribution in [0.15, 0.2) is 0 Å². The van der Waals surface area contributed by atoms with Crippen molar-refractivity contribution in [2.75, 3.05) is 0 Å². The summed E-state index contributed by atoms with van der Waals surface area (Å²) < 4.78 is 0. The van der Waals surface area contributed by atoms with E-state index in [4.69, 9.17) is 0 Å². The molecule has 0 rings (SSSR count). The van der Waals surface area contributed by atoms with Gasteiger partial charge in [-0.05, 0) is 17.8 Å². The zero-order valence-corrected chi connectivity index (χ0v) is 13.6. The molecule has 0 aliphatic carbocycles. The molecule has 0 aromatic carbocycles. The fraction of sp³-hybridized carbons (Fsp3) is 1.00. The monoisotopic (exact) mass is 262 g/mol. The molecule has 0 N–H and O–H groups in total. The van der Waals surface area contributed by atoms with Crippen LogP contribution in [0.25, 0.3) is 0 Å². The minimum Gasteiger partial charge on any atom is -0.0776 e. The summed E-state index contributed by atoms with van der Waals surface area (Å²) in [7, 11) is 0. The highest BCUT2D eigenvalue weighted by Gasteiger charge is 1.85. The Morgan fingerprint density at radius 3 is 0.778 bits per heavy atom. The van der Waals surface area contributed by atoms with Crippen molar-refractivity contribution >= 4 is 0 Å². The summed E-state index contributed by atoms with van der Waals surface area (Å²) in [6.07, 6.45) is 5.32. The average molecular weight is 263 g/mol. The van der Waals surface area contributed by atoms with E-state index in [-0.39, 0.29) is 14.9 Å². The van der Waals surface area contributed by atoms with Gasteiger partial charge < -0.3 is 0 Å². The molecule has 0 aromatic heterocycles. The maximum atomic E-state index is 2.25. The third kappa shape index (κ3) is 73.5. The zero-order valence-electron chi connectivity index (χ0n) is 13.6. The van der Waals surface area contributed by atoms with Crippen LogP contribution in [0.5, 0.6) is 0 Å².